The van der Waals surface area contributed by atoms with E-state index >= 15 is 0 Å². The fraction of sp³-hybridized carbons (Fsp3) is 0.333. The van der Waals surface area contributed by atoms with E-state index in [9.17, 15) is 9.59 Å². The summed E-state index contributed by atoms with van der Waals surface area (Å²) in [6.07, 6.45) is 4.11. The molecule has 0 aliphatic rings. The zero-order chi connectivity index (χ0) is 18.3. The first kappa shape index (κ1) is 18.9. The number of benzene rings is 2. The largest absolute Gasteiger partial charge is 0.396 e. The van der Waals surface area contributed by atoms with Crippen LogP contribution in [0.1, 0.15) is 38.7 Å². The number of ketones is 1. The van der Waals surface area contributed by atoms with E-state index in [0.717, 1.165) is 16.3 Å². The van der Waals surface area contributed by atoms with Crippen LogP contribution >= 0.6 is 0 Å². The topological polar surface area (TPSA) is 66.4 Å². The lowest BCUT2D eigenvalue weighted by Crippen LogP contribution is -2.44. The molecule has 0 atom stereocenters. The van der Waals surface area contributed by atoms with Crippen LogP contribution in [0.15, 0.2) is 48.5 Å². The number of aliphatic hydroxyl groups excluding tert-OH is 1. The first-order valence-electron chi connectivity index (χ1n) is 8.51. The van der Waals surface area contributed by atoms with Crippen molar-refractivity contribution < 1.29 is 14.7 Å². The number of carbonyl (C=O) groups is 2. The normalized spacial score (nSPS) is 11.8. The molecular weight excluding hydrogens is 314 g/mol. The van der Waals surface area contributed by atoms with Gasteiger partial charge in [-0.3, -0.25) is 9.59 Å². The summed E-state index contributed by atoms with van der Waals surface area (Å²) in [5.74, 6) is -0.255. The number of amides is 1. The second kappa shape index (κ2) is 8.58. The Morgan fingerprint density at radius 2 is 1.80 bits per heavy atom. The number of fused-ring (bicyclic) bond motifs is 1. The number of rotatable bonds is 8. The molecule has 0 aliphatic carbocycles. The van der Waals surface area contributed by atoms with Crippen LogP contribution in [0, 0.1) is 0 Å². The Bertz CT molecular complexity index is 778. The lowest BCUT2D eigenvalue weighted by atomic mass is 10.0. The second-order valence-electron chi connectivity index (χ2n) is 6.81. The fourth-order valence-electron chi connectivity index (χ4n) is 2.60. The molecule has 2 aromatic rings. The molecular formula is C21H25NO3. The lowest BCUT2D eigenvalue weighted by Gasteiger charge is -2.25. The van der Waals surface area contributed by atoms with Crippen LogP contribution in [0.5, 0.6) is 0 Å². The standard InChI is InChI=1S/C21H25NO3/c1-21(2,13-14-23)22-20(25)12-11-19(24)10-8-16-7-9-17-5-3-4-6-18(17)15-16/h3-10,15,23H,11-14H2,1-2H3,(H,22,25)/b10-8+. The number of aliphatic hydroxyl groups is 1. The highest BCUT2D eigenvalue weighted by molar-refractivity contribution is 5.96. The Morgan fingerprint density at radius 1 is 1.08 bits per heavy atom. The summed E-state index contributed by atoms with van der Waals surface area (Å²) in [5.41, 5.74) is 0.496. The fourth-order valence-corrected chi connectivity index (χ4v) is 2.60. The third-order valence-corrected chi connectivity index (χ3v) is 4.05. The van der Waals surface area contributed by atoms with E-state index in [1.165, 1.54) is 6.08 Å². The predicted molar refractivity (Wildman–Crippen MR) is 101 cm³/mol. The molecule has 0 fully saturated rings. The van der Waals surface area contributed by atoms with Crippen molar-refractivity contribution in [2.24, 2.45) is 0 Å². The molecule has 4 heteroatoms. The van der Waals surface area contributed by atoms with Gasteiger partial charge in [0.2, 0.25) is 5.91 Å². The van der Waals surface area contributed by atoms with Crippen molar-refractivity contribution >= 4 is 28.5 Å². The second-order valence-corrected chi connectivity index (χ2v) is 6.81. The SMILES string of the molecule is CC(C)(CCO)NC(=O)CCC(=O)/C=C/c1ccc2ccccc2c1. The van der Waals surface area contributed by atoms with E-state index in [4.69, 9.17) is 5.11 Å². The molecule has 2 N–H and O–H groups in total. The van der Waals surface area contributed by atoms with E-state index in [-0.39, 0.29) is 31.1 Å². The molecule has 0 saturated heterocycles. The van der Waals surface area contributed by atoms with Gasteiger partial charge in [0.1, 0.15) is 0 Å². The van der Waals surface area contributed by atoms with Crippen molar-refractivity contribution in [3.8, 4) is 0 Å². The summed E-state index contributed by atoms with van der Waals surface area (Å²) in [4.78, 5) is 23.9. The molecule has 25 heavy (non-hydrogen) atoms. The first-order valence-corrected chi connectivity index (χ1v) is 8.51. The first-order chi connectivity index (χ1) is 11.9. The highest BCUT2D eigenvalue weighted by Crippen LogP contribution is 2.16. The van der Waals surface area contributed by atoms with Crippen LogP contribution in [0.25, 0.3) is 16.8 Å². The number of hydrogen-bond acceptors (Lipinski definition) is 3. The van der Waals surface area contributed by atoms with Gasteiger partial charge in [-0.05, 0) is 48.7 Å². The van der Waals surface area contributed by atoms with Crippen LogP contribution in [0.4, 0.5) is 0 Å². The quantitative estimate of drug-likeness (QED) is 0.724. The van der Waals surface area contributed by atoms with Crippen molar-refractivity contribution in [3.05, 3.63) is 54.1 Å². The van der Waals surface area contributed by atoms with Gasteiger partial charge in [0, 0.05) is 25.0 Å². The molecule has 1 amide bonds. The molecule has 0 unspecified atom stereocenters. The van der Waals surface area contributed by atoms with Gasteiger partial charge in [0.05, 0.1) is 0 Å². The van der Waals surface area contributed by atoms with Crippen molar-refractivity contribution in [1.82, 2.24) is 5.32 Å². The van der Waals surface area contributed by atoms with Gasteiger partial charge in [-0.25, -0.2) is 0 Å². The van der Waals surface area contributed by atoms with Gasteiger partial charge in [0.15, 0.2) is 5.78 Å². The molecule has 0 heterocycles. The Labute approximate surface area is 148 Å². The van der Waals surface area contributed by atoms with Crippen LogP contribution < -0.4 is 5.32 Å². The van der Waals surface area contributed by atoms with Crippen LogP contribution in [-0.2, 0) is 9.59 Å². The maximum absolute atomic E-state index is 12.0. The average Bonchev–Trinajstić information content (AvgIpc) is 2.57. The Morgan fingerprint density at radius 3 is 2.52 bits per heavy atom. The molecule has 0 aromatic heterocycles. The van der Waals surface area contributed by atoms with Gasteiger partial charge in [-0.2, -0.15) is 0 Å². The summed E-state index contributed by atoms with van der Waals surface area (Å²) in [6.45, 7) is 3.71. The predicted octanol–water partition coefficient (Wildman–Crippen LogP) is 3.48. The lowest BCUT2D eigenvalue weighted by molar-refractivity contribution is -0.125. The number of hydrogen-bond donors (Lipinski definition) is 2. The van der Waals surface area contributed by atoms with Crippen molar-refractivity contribution in [3.63, 3.8) is 0 Å². The minimum atomic E-state index is -0.462. The highest BCUT2D eigenvalue weighted by atomic mass is 16.3. The van der Waals surface area contributed by atoms with Gasteiger partial charge in [0.25, 0.3) is 0 Å². The van der Waals surface area contributed by atoms with Crippen molar-refractivity contribution in [1.29, 1.82) is 0 Å². The zero-order valence-corrected chi connectivity index (χ0v) is 14.8. The van der Waals surface area contributed by atoms with Crippen molar-refractivity contribution in [2.75, 3.05) is 6.61 Å². The third-order valence-electron chi connectivity index (χ3n) is 4.05. The number of allylic oxidation sites excluding steroid dienone is 1. The summed E-state index contributed by atoms with van der Waals surface area (Å²) in [5, 5.41) is 14.1. The minimum Gasteiger partial charge on any atom is -0.396 e. The van der Waals surface area contributed by atoms with E-state index < -0.39 is 5.54 Å². The van der Waals surface area contributed by atoms with E-state index in [2.05, 4.69) is 5.32 Å². The maximum Gasteiger partial charge on any atom is 0.220 e. The summed E-state index contributed by atoms with van der Waals surface area (Å²) in [7, 11) is 0. The molecule has 0 spiro atoms. The molecule has 0 radical (unpaired) electrons. The van der Waals surface area contributed by atoms with Crippen LogP contribution in [-0.4, -0.2) is 28.9 Å². The zero-order valence-electron chi connectivity index (χ0n) is 14.8. The van der Waals surface area contributed by atoms with Crippen LogP contribution in [0.2, 0.25) is 0 Å². The monoisotopic (exact) mass is 339 g/mol. The smallest absolute Gasteiger partial charge is 0.220 e. The van der Waals surface area contributed by atoms with Crippen LogP contribution in [0.3, 0.4) is 0 Å². The maximum atomic E-state index is 12.0. The van der Waals surface area contributed by atoms with E-state index in [0.29, 0.717) is 6.42 Å². The summed E-state index contributed by atoms with van der Waals surface area (Å²) in [6, 6.07) is 14.1. The van der Waals surface area contributed by atoms with E-state index in [1.54, 1.807) is 6.08 Å². The molecule has 4 nitrogen and oxygen atoms in total. The third kappa shape index (κ3) is 6.16. The Hall–Kier alpha value is -2.46. The van der Waals surface area contributed by atoms with Gasteiger partial charge in [-0.1, -0.05) is 42.5 Å². The van der Waals surface area contributed by atoms with Gasteiger partial charge < -0.3 is 10.4 Å². The molecule has 0 aliphatic heterocycles. The highest BCUT2D eigenvalue weighted by Gasteiger charge is 2.19. The summed E-state index contributed by atoms with van der Waals surface area (Å²) < 4.78 is 0. The van der Waals surface area contributed by atoms with Gasteiger partial charge in [-0.15, -0.1) is 0 Å². The summed E-state index contributed by atoms with van der Waals surface area (Å²) >= 11 is 0. The molecule has 2 aromatic carbocycles. The van der Waals surface area contributed by atoms with Gasteiger partial charge >= 0.3 is 0 Å². The number of nitrogens with one attached hydrogen (secondary N) is 1. The Kier molecular flexibility index (Phi) is 6.48. The van der Waals surface area contributed by atoms with E-state index in [1.807, 2.05) is 56.3 Å². The number of carbonyl (C=O) groups excluding carboxylic acids is 2. The molecule has 132 valence electrons. The molecule has 2 rings (SSSR count). The molecule has 0 saturated carbocycles. The average molecular weight is 339 g/mol. The molecule has 0 bridgehead atoms. The Balaban J connectivity index is 1.86. The minimum absolute atomic E-state index is 0.0146. The van der Waals surface area contributed by atoms with Crippen molar-refractivity contribution in [2.45, 2.75) is 38.6 Å².